The van der Waals surface area contributed by atoms with Gasteiger partial charge in [0, 0.05) is 12.4 Å². The lowest BCUT2D eigenvalue weighted by molar-refractivity contribution is 0.942. The maximum Gasteiger partial charge on any atom is 0.194 e. The predicted molar refractivity (Wildman–Crippen MR) is 58.5 cm³/mol. The SMILES string of the molecule is Cc1nnc(Sc2ncc(Br)cn2)s1. The van der Waals surface area contributed by atoms with Crippen LogP contribution >= 0.6 is 39.0 Å². The zero-order chi connectivity index (χ0) is 9.97. The lowest BCUT2D eigenvalue weighted by Crippen LogP contribution is -1.84. The number of rotatable bonds is 2. The summed E-state index contributed by atoms with van der Waals surface area (Å²) in [7, 11) is 0. The Morgan fingerprint density at radius 3 is 2.57 bits per heavy atom. The third kappa shape index (κ3) is 2.49. The molecule has 0 saturated heterocycles. The monoisotopic (exact) mass is 288 g/mol. The van der Waals surface area contributed by atoms with Gasteiger partial charge in [0.05, 0.1) is 4.47 Å². The molecule has 0 N–H and O–H groups in total. The Labute approximate surface area is 97.3 Å². The molecule has 0 aliphatic rings. The molecule has 0 spiro atoms. The van der Waals surface area contributed by atoms with E-state index in [1.807, 2.05) is 6.92 Å². The Balaban J connectivity index is 2.15. The number of aryl methyl sites for hydroxylation is 1. The van der Waals surface area contributed by atoms with Crippen LogP contribution in [0.3, 0.4) is 0 Å². The van der Waals surface area contributed by atoms with E-state index in [2.05, 4.69) is 36.1 Å². The van der Waals surface area contributed by atoms with Crippen LogP contribution in [0.5, 0.6) is 0 Å². The molecule has 2 aromatic rings. The Morgan fingerprint density at radius 2 is 2.00 bits per heavy atom. The highest BCUT2D eigenvalue weighted by molar-refractivity contribution is 9.10. The van der Waals surface area contributed by atoms with Gasteiger partial charge in [-0.2, -0.15) is 0 Å². The predicted octanol–water partition coefficient (Wildman–Crippen LogP) is 2.55. The van der Waals surface area contributed by atoms with E-state index in [-0.39, 0.29) is 0 Å². The second kappa shape index (κ2) is 4.33. The van der Waals surface area contributed by atoms with Crippen molar-refractivity contribution < 1.29 is 0 Å². The minimum Gasteiger partial charge on any atom is -0.230 e. The fraction of sp³-hybridized carbons (Fsp3) is 0.143. The van der Waals surface area contributed by atoms with E-state index in [0.717, 1.165) is 13.8 Å². The summed E-state index contributed by atoms with van der Waals surface area (Å²) in [4.78, 5) is 8.25. The minimum absolute atomic E-state index is 0.685. The zero-order valence-corrected chi connectivity index (χ0v) is 10.4. The van der Waals surface area contributed by atoms with Crippen LogP contribution in [-0.2, 0) is 0 Å². The van der Waals surface area contributed by atoms with Crippen LogP contribution in [0.1, 0.15) is 5.01 Å². The zero-order valence-electron chi connectivity index (χ0n) is 7.14. The third-order valence-electron chi connectivity index (χ3n) is 1.28. The van der Waals surface area contributed by atoms with Gasteiger partial charge in [-0.1, -0.05) is 11.3 Å². The largest absolute Gasteiger partial charge is 0.230 e. The van der Waals surface area contributed by atoms with Crippen LogP contribution in [0, 0.1) is 6.92 Å². The molecule has 2 aromatic heterocycles. The van der Waals surface area contributed by atoms with Gasteiger partial charge < -0.3 is 0 Å². The maximum atomic E-state index is 4.13. The second-order valence-corrected chi connectivity index (χ2v) is 5.68. The molecule has 0 unspecified atom stereocenters. The summed E-state index contributed by atoms with van der Waals surface area (Å²) < 4.78 is 1.74. The van der Waals surface area contributed by atoms with Gasteiger partial charge in [0.15, 0.2) is 9.50 Å². The standard InChI is InChI=1S/C7H5BrN4S2/c1-4-11-12-7(13-4)14-6-9-2-5(8)3-10-6/h2-3H,1H3. The van der Waals surface area contributed by atoms with Crippen molar-refractivity contribution in [3.05, 3.63) is 21.9 Å². The van der Waals surface area contributed by atoms with E-state index < -0.39 is 0 Å². The quantitative estimate of drug-likeness (QED) is 0.795. The van der Waals surface area contributed by atoms with Crippen LogP contribution in [0.25, 0.3) is 0 Å². The first-order chi connectivity index (χ1) is 6.74. The molecule has 14 heavy (non-hydrogen) atoms. The summed E-state index contributed by atoms with van der Waals surface area (Å²) in [5, 5.41) is 9.52. The molecule has 2 heterocycles. The lowest BCUT2D eigenvalue weighted by Gasteiger charge is -1.93. The van der Waals surface area contributed by atoms with E-state index in [4.69, 9.17) is 0 Å². The third-order valence-corrected chi connectivity index (χ3v) is 3.48. The topological polar surface area (TPSA) is 51.6 Å². The summed E-state index contributed by atoms with van der Waals surface area (Å²) in [6, 6.07) is 0. The lowest BCUT2D eigenvalue weighted by atomic mass is 10.7. The van der Waals surface area contributed by atoms with Gasteiger partial charge >= 0.3 is 0 Å². The first-order valence-corrected chi connectivity index (χ1v) is 6.12. The van der Waals surface area contributed by atoms with Crippen LogP contribution < -0.4 is 0 Å². The van der Waals surface area contributed by atoms with Crippen molar-refractivity contribution >= 4 is 39.0 Å². The smallest absolute Gasteiger partial charge is 0.194 e. The summed E-state index contributed by atoms with van der Waals surface area (Å²) >= 11 is 6.23. The normalized spacial score (nSPS) is 10.4. The first kappa shape index (κ1) is 10.0. The maximum absolute atomic E-state index is 4.13. The summed E-state index contributed by atoms with van der Waals surface area (Å²) in [6.45, 7) is 1.92. The fourth-order valence-corrected chi connectivity index (χ4v) is 2.57. The highest BCUT2D eigenvalue weighted by Gasteiger charge is 2.04. The van der Waals surface area contributed by atoms with Crippen LogP contribution in [0.4, 0.5) is 0 Å². The fourth-order valence-electron chi connectivity index (χ4n) is 0.751. The number of halogens is 1. The van der Waals surface area contributed by atoms with Gasteiger partial charge in [-0.3, -0.25) is 0 Å². The van der Waals surface area contributed by atoms with Crippen molar-refractivity contribution in [3.63, 3.8) is 0 Å². The molecule has 7 heteroatoms. The molecule has 0 aromatic carbocycles. The minimum atomic E-state index is 0.685. The van der Waals surface area contributed by atoms with Crippen molar-refractivity contribution in [3.8, 4) is 0 Å². The van der Waals surface area contributed by atoms with Gasteiger partial charge in [0.1, 0.15) is 5.01 Å². The first-order valence-electron chi connectivity index (χ1n) is 3.69. The average Bonchev–Trinajstić information content (AvgIpc) is 2.56. The molecule has 2 rings (SSSR count). The molecular weight excluding hydrogens is 284 g/mol. The van der Waals surface area contributed by atoms with Gasteiger partial charge in [-0.25, -0.2) is 9.97 Å². The molecule has 0 atom stereocenters. The molecule has 0 aliphatic heterocycles. The van der Waals surface area contributed by atoms with Gasteiger partial charge in [0.2, 0.25) is 0 Å². The van der Waals surface area contributed by atoms with Crippen molar-refractivity contribution in [2.75, 3.05) is 0 Å². The molecule has 0 aliphatic carbocycles. The van der Waals surface area contributed by atoms with E-state index in [1.54, 1.807) is 12.4 Å². The van der Waals surface area contributed by atoms with Crippen LogP contribution in [-0.4, -0.2) is 20.2 Å². The van der Waals surface area contributed by atoms with Crippen molar-refractivity contribution in [2.24, 2.45) is 0 Å². The Bertz CT molecular complexity index is 428. The highest BCUT2D eigenvalue weighted by Crippen LogP contribution is 2.27. The average molecular weight is 289 g/mol. The second-order valence-electron chi connectivity index (χ2n) is 2.37. The molecule has 0 bridgehead atoms. The Hall–Kier alpha value is -0.530. The van der Waals surface area contributed by atoms with Crippen molar-refractivity contribution in [1.82, 2.24) is 20.2 Å². The number of hydrogen-bond donors (Lipinski definition) is 0. The number of hydrogen-bond acceptors (Lipinski definition) is 6. The molecule has 72 valence electrons. The number of nitrogens with zero attached hydrogens (tertiary/aromatic N) is 4. The molecule has 0 radical (unpaired) electrons. The molecule has 0 amide bonds. The van der Waals surface area contributed by atoms with Gasteiger partial charge in [-0.15, -0.1) is 10.2 Å². The summed E-state index contributed by atoms with van der Waals surface area (Å²) in [5.41, 5.74) is 0. The molecule has 4 nitrogen and oxygen atoms in total. The molecule has 0 saturated carbocycles. The number of aromatic nitrogens is 4. The molecule has 0 fully saturated rings. The highest BCUT2D eigenvalue weighted by atomic mass is 79.9. The van der Waals surface area contributed by atoms with Crippen molar-refractivity contribution in [2.45, 2.75) is 16.4 Å². The van der Waals surface area contributed by atoms with E-state index in [1.165, 1.54) is 23.1 Å². The Kier molecular flexibility index (Phi) is 3.09. The van der Waals surface area contributed by atoms with E-state index in [9.17, 15) is 0 Å². The van der Waals surface area contributed by atoms with Gasteiger partial charge in [-0.05, 0) is 34.6 Å². The molecular formula is C7H5BrN4S2. The van der Waals surface area contributed by atoms with E-state index >= 15 is 0 Å². The van der Waals surface area contributed by atoms with Crippen molar-refractivity contribution in [1.29, 1.82) is 0 Å². The summed E-state index contributed by atoms with van der Waals surface area (Å²) in [5.74, 6) is 0. The Morgan fingerprint density at radius 1 is 1.29 bits per heavy atom. The van der Waals surface area contributed by atoms with Crippen LogP contribution in [0.15, 0.2) is 26.4 Å². The van der Waals surface area contributed by atoms with E-state index in [0.29, 0.717) is 5.16 Å². The van der Waals surface area contributed by atoms with Gasteiger partial charge in [0.25, 0.3) is 0 Å². The summed E-state index contributed by atoms with van der Waals surface area (Å²) in [6.07, 6.45) is 3.42. The van der Waals surface area contributed by atoms with Crippen LogP contribution in [0.2, 0.25) is 0 Å².